The number of aliphatic hydroxyl groups excluding tert-OH is 8. The van der Waals surface area contributed by atoms with Crippen molar-refractivity contribution in [3.63, 3.8) is 0 Å². The molecule has 250 valence electrons. The van der Waals surface area contributed by atoms with Gasteiger partial charge in [-0.05, 0) is 13.3 Å². The van der Waals surface area contributed by atoms with Gasteiger partial charge in [-0.1, -0.05) is 0 Å². The Balaban J connectivity index is 1.44. The number of hydrogen-bond donors (Lipinski definition) is 9. The molecule has 2 amide bonds. The molecule has 4 unspecified atom stereocenters. The van der Waals surface area contributed by atoms with E-state index in [4.69, 9.17) is 9.47 Å². The minimum absolute atomic E-state index is 0.0287. The number of piperazine rings is 1. The lowest BCUT2D eigenvalue weighted by molar-refractivity contribution is -0.326. The molecule has 0 aliphatic carbocycles. The number of nitrogens with one attached hydrogen (secondary N) is 1. The van der Waals surface area contributed by atoms with E-state index in [-0.39, 0.29) is 36.4 Å². The number of cyclic esters (lactones) is 2. The van der Waals surface area contributed by atoms with Gasteiger partial charge in [-0.3, -0.25) is 14.5 Å². The molecule has 2 saturated heterocycles. The topological polar surface area (TPSA) is 276 Å². The van der Waals surface area contributed by atoms with Crippen molar-refractivity contribution in [1.82, 2.24) is 15.1 Å². The Morgan fingerprint density at radius 3 is 2.23 bits per heavy atom. The van der Waals surface area contributed by atoms with Gasteiger partial charge in [-0.25, -0.2) is 9.59 Å². The van der Waals surface area contributed by atoms with Gasteiger partial charge in [0.25, 0.3) is 5.91 Å². The number of esters is 2. The molecule has 0 radical (unpaired) electrons. The van der Waals surface area contributed by atoms with Crippen molar-refractivity contribution in [1.29, 1.82) is 0 Å². The molecule has 3 aliphatic rings. The van der Waals surface area contributed by atoms with Crippen LogP contribution < -0.4 is 5.32 Å². The number of carbonyl (C=O) groups is 4. The van der Waals surface area contributed by atoms with Crippen LogP contribution in [0.3, 0.4) is 0 Å². The van der Waals surface area contributed by atoms with Gasteiger partial charge in [0.1, 0.15) is 42.7 Å². The second-order valence-corrected chi connectivity index (χ2v) is 10.8. The van der Waals surface area contributed by atoms with Crippen LogP contribution in [0, 0.1) is 0 Å². The molecule has 3 rings (SSSR count). The predicted molar refractivity (Wildman–Crippen MR) is 143 cm³/mol. The zero-order chi connectivity index (χ0) is 32.7. The summed E-state index contributed by atoms with van der Waals surface area (Å²) in [6.07, 6.45) is -16.6. The first-order chi connectivity index (χ1) is 20.8. The number of hydrogen-bond acceptors (Lipinski definition) is 16. The molecule has 0 bridgehead atoms. The number of aliphatic hydroxyl groups is 8. The van der Waals surface area contributed by atoms with Crippen molar-refractivity contribution >= 4 is 23.8 Å². The summed E-state index contributed by atoms with van der Waals surface area (Å²) in [5, 5.41) is 82.3. The van der Waals surface area contributed by atoms with Gasteiger partial charge in [0.05, 0.1) is 13.2 Å². The summed E-state index contributed by atoms with van der Waals surface area (Å²) in [5.41, 5.74) is 0.399. The molecular weight excluding hydrogens is 594 g/mol. The maximum atomic E-state index is 12.6. The zero-order valence-corrected chi connectivity index (χ0v) is 24.1. The summed E-state index contributed by atoms with van der Waals surface area (Å²) >= 11 is 0. The number of amides is 2. The van der Waals surface area contributed by atoms with E-state index in [9.17, 15) is 60.0 Å². The standard InChI is InChI=1S/C26H41N3O15/c1-12-13(25(41)44-24(12)40)2-3-16(33)29-8-6-28(7-9-29)5-4-27-23(39)20(37)19(36)22(14(32)10-30)43-26-21(38)18(35)17(34)15(11-31)42-26/h14-15,17-22,26,30-32,34-38H,2-11H2,1H3,(H,27,39)/t14?,15-,17+,18+,19?,20?,21-,22+,26?/m1/s1. The van der Waals surface area contributed by atoms with Gasteiger partial charge < -0.3 is 65.3 Å². The first-order valence-corrected chi connectivity index (χ1v) is 14.2. The SMILES string of the molecule is CC1=C(CCC(=O)N2CCN(CCNC(=O)C(O)C(O)[C@@H](OC3O[C@H](CO)[C@H](O)[C@H](O)[C@H]3O)C(O)CO)CC2)C(=O)OC1=O. The van der Waals surface area contributed by atoms with Crippen LogP contribution in [0.5, 0.6) is 0 Å². The molecule has 0 spiro atoms. The Labute approximate surface area is 252 Å². The maximum absolute atomic E-state index is 12.6. The predicted octanol–water partition coefficient (Wildman–Crippen LogP) is -6.31. The molecule has 0 aromatic carbocycles. The summed E-state index contributed by atoms with van der Waals surface area (Å²) in [5.74, 6) is -2.67. The minimum Gasteiger partial charge on any atom is -0.394 e. The third-order valence-electron chi connectivity index (χ3n) is 7.87. The highest BCUT2D eigenvalue weighted by atomic mass is 16.7. The van der Waals surface area contributed by atoms with Crippen LogP contribution >= 0.6 is 0 Å². The first-order valence-electron chi connectivity index (χ1n) is 14.2. The van der Waals surface area contributed by atoms with E-state index in [0.717, 1.165) is 0 Å². The van der Waals surface area contributed by atoms with Gasteiger partial charge in [0.2, 0.25) is 5.91 Å². The van der Waals surface area contributed by atoms with Gasteiger partial charge in [-0.15, -0.1) is 0 Å². The molecule has 0 aromatic heterocycles. The van der Waals surface area contributed by atoms with Crippen LogP contribution in [0.4, 0.5) is 0 Å². The normalized spacial score (nSPS) is 29.3. The molecule has 44 heavy (non-hydrogen) atoms. The second-order valence-electron chi connectivity index (χ2n) is 10.8. The van der Waals surface area contributed by atoms with Crippen LogP contribution in [0.25, 0.3) is 0 Å². The van der Waals surface area contributed by atoms with Crippen LogP contribution in [0.2, 0.25) is 0 Å². The van der Waals surface area contributed by atoms with E-state index in [1.165, 1.54) is 6.92 Å². The van der Waals surface area contributed by atoms with E-state index >= 15 is 0 Å². The summed E-state index contributed by atoms with van der Waals surface area (Å²) in [6, 6.07) is 0. The van der Waals surface area contributed by atoms with Crippen molar-refractivity contribution < 1.29 is 74.2 Å². The Morgan fingerprint density at radius 1 is 1.00 bits per heavy atom. The fourth-order valence-corrected chi connectivity index (χ4v) is 5.01. The van der Waals surface area contributed by atoms with Crippen molar-refractivity contribution in [2.45, 2.75) is 74.9 Å². The van der Waals surface area contributed by atoms with Crippen molar-refractivity contribution in [3.05, 3.63) is 11.1 Å². The number of rotatable bonds is 14. The summed E-state index contributed by atoms with van der Waals surface area (Å²) < 4.78 is 15.0. The van der Waals surface area contributed by atoms with Crippen LogP contribution in [-0.4, -0.2) is 182 Å². The highest BCUT2D eigenvalue weighted by Crippen LogP contribution is 2.25. The van der Waals surface area contributed by atoms with E-state index in [1.54, 1.807) is 4.90 Å². The lowest BCUT2D eigenvalue weighted by Gasteiger charge is -2.42. The summed E-state index contributed by atoms with van der Waals surface area (Å²) in [4.78, 5) is 51.8. The third-order valence-corrected chi connectivity index (χ3v) is 7.87. The van der Waals surface area contributed by atoms with E-state index < -0.39 is 86.2 Å². The van der Waals surface area contributed by atoms with E-state index in [2.05, 4.69) is 10.1 Å². The lowest BCUT2D eigenvalue weighted by Crippen LogP contribution is -2.62. The highest BCUT2D eigenvalue weighted by molar-refractivity contribution is 6.12. The minimum atomic E-state index is -2.17. The Kier molecular flexibility index (Phi) is 13.1. The number of nitrogens with zero attached hydrogens (tertiary/aromatic N) is 2. The van der Waals surface area contributed by atoms with Crippen molar-refractivity contribution in [2.75, 3.05) is 52.5 Å². The fraction of sp³-hybridized carbons (Fsp3) is 0.769. The smallest absolute Gasteiger partial charge is 0.342 e. The quantitative estimate of drug-likeness (QED) is 0.0634. The number of carbonyl (C=O) groups excluding carboxylic acids is 4. The molecule has 2 fully saturated rings. The molecular formula is C26H41N3O15. The molecule has 3 aliphatic heterocycles. The Hall–Kier alpha value is -2.62. The van der Waals surface area contributed by atoms with Crippen LogP contribution in [0.1, 0.15) is 19.8 Å². The molecule has 18 heteroatoms. The van der Waals surface area contributed by atoms with Gasteiger partial charge >= 0.3 is 11.9 Å². The monoisotopic (exact) mass is 635 g/mol. The lowest BCUT2D eigenvalue weighted by atomic mass is 9.98. The Bertz CT molecular complexity index is 1060. The largest absolute Gasteiger partial charge is 0.394 e. The summed E-state index contributed by atoms with van der Waals surface area (Å²) in [6.45, 7) is 1.74. The maximum Gasteiger partial charge on any atom is 0.342 e. The third kappa shape index (κ3) is 8.55. The number of ether oxygens (including phenoxy) is 3. The van der Waals surface area contributed by atoms with Crippen LogP contribution in [-0.2, 0) is 33.4 Å². The van der Waals surface area contributed by atoms with E-state index in [0.29, 0.717) is 32.7 Å². The molecule has 9 atom stereocenters. The van der Waals surface area contributed by atoms with Crippen LogP contribution in [0.15, 0.2) is 11.1 Å². The van der Waals surface area contributed by atoms with E-state index in [1.807, 2.05) is 4.90 Å². The average Bonchev–Trinajstić information content (AvgIpc) is 3.26. The highest BCUT2D eigenvalue weighted by Gasteiger charge is 2.47. The fourth-order valence-electron chi connectivity index (χ4n) is 5.01. The second kappa shape index (κ2) is 16.1. The average molecular weight is 636 g/mol. The molecule has 3 heterocycles. The van der Waals surface area contributed by atoms with Gasteiger partial charge in [0, 0.05) is 56.8 Å². The van der Waals surface area contributed by atoms with Crippen molar-refractivity contribution in [3.8, 4) is 0 Å². The molecule has 0 saturated carbocycles. The van der Waals surface area contributed by atoms with Crippen molar-refractivity contribution in [2.24, 2.45) is 0 Å². The summed E-state index contributed by atoms with van der Waals surface area (Å²) in [7, 11) is 0. The van der Waals surface area contributed by atoms with Gasteiger partial charge in [-0.2, -0.15) is 0 Å². The molecule has 9 N–H and O–H groups in total. The van der Waals surface area contributed by atoms with Gasteiger partial charge in [0.15, 0.2) is 12.4 Å². The Morgan fingerprint density at radius 2 is 1.66 bits per heavy atom. The zero-order valence-electron chi connectivity index (χ0n) is 24.1. The molecule has 18 nitrogen and oxygen atoms in total. The molecule has 0 aromatic rings. The first kappa shape index (κ1) is 35.9.